The van der Waals surface area contributed by atoms with Gasteiger partial charge in [0.05, 0.1) is 11.5 Å². The lowest BCUT2D eigenvalue weighted by molar-refractivity contribution is -0.422. The van der Waals surface area contributed by atoms with Crippen molar-refractivity contribution >= 4 is 5.78 Å². The Morgan fingerprint density at radius 2 is 1.89 bits per heavy atom. The molecule has 0 bridgehead atoms. The van der Waals surface area contributed by atoms with Crippen molar-refractivity contribution in [3.05, 3.63) is 32.8 Å². The largest absolute Gasteiger partial charge is 0.389 e. The molecule has 3 fully saturated rings. The summed E-state index contributed by atoms with van der Waals surface area (Å²) in [6.07, 6.45) is 4.88. The molecule has 3 saturated carbocycles. The molecule has 0 aromatic rings. The Morgan fingerprint density at radius 3 is 2.54 bits per heavy atom. The number of allylic oxidation sites excluding steroid dienone is 2. The third kappa shape index (κ3) is 2.49. The molecule has 0 radical (unpaired) electrons. The van der Waals surface area contributed by atoms with E-state index in [4.69, 9.17) is 0 Å². The van der Waals surface area contributed by atoms with Gasteiger partial charge in [0.1, 0.15) is 5.83 Å². The summed E-state index contributed by atoms with van der Waals surface area (Å²) in [5.74, 6) is 0.554. The molecule has 1 N–H and O–H groups in total. The number of nitro groups is 1. The van der Waals surface area contributed by atoms with Crippen LogP contribution in [0.3, 0.4) is 0 Å². The molecule has 4 rings (SSSR count). The van der Waals surface area contributed by atoms with Crippen LogP contribution in [0.1, 0.15) is 65.7 Å². The van der Waals surface area contributed by atoms with E-state index in [0.29, 0.717) is 37.0 Å². The van der Waals surface area contributed by atoms with Gasteiger partial charge in [-0.25, -0.2) is 4.39 Å². The summed E-state index contributed by atoms with van der Waals surface area (Å²) in [4.78, 5) is 23.5. The molecule has 154 valence electrons. The van der Waals surface area contributed by atoms with Crippen LogP contribution in [0.25, 0.3) is 0 Å². The Kier molecular flexibility index (Phi) is 4.57. The number of carbonyl (C=O) groups excluding carboxylic acids is 1. The van der Waals surface area contributed by atoms with Crippen molar-refractivity contribution in [2.75, 3.05) is 6.61 Å². The number of carbonyl (C=O) groups is 1. The third-order valence-corrected chi connectivity index (χ3v) is 8.88. The molecule has 0 unspecified atom stereocenters. The number of fused-ring (bicyclic) bond motifs is 5. The number of hydrogen-bond acceptors (Lipinski definition) is 4. The highest BCUT2D eigenvalue weighted by Crippen LogP contribution is 2.68. The van der Waals surface area contributed by atoms with Gasteiger partial charge >= 0.3 is 5.70 Å². The maximum atomic E-state index is 14.4. The summed E-state index contributed by atoms with van der Waals surface area (Å²) in [5.41, 5.74) is 0.876. The molecule has 0 saturated heterocycles. The fourth-order valence-corrected chi connectivity index (χ4v) is 7.58. The van der Waals surface area contributed by atoms with Crippen LogP contribution < -0.4 is 0 Å². The highest BCUT2D eigenvalue weighted by Gasteiger charge is 2.61. The van der Waals surface area contributed by atoms with Crippen molar-refractivity contribution in [2.24, 2.45) is 34.5 Å². The quantitative estimate of drug-likeness (QED) is 0.552. The Hall–Kier alpha value is -1.56. The number of aliphatic hydroxyl groups excluding tert-OH is 1. The second-order valence-electron chi connectivity index (χ2n) is 9.93. The number of aliphatic hydroxyl groups is 1. The number of hydrogen-bond donors (Lipinski definition) is 1. The Morgan fingerprint density at radius 1 is 1.21 bits per heavy atom. The molecule has 4 aliphatic carbocycles. The molecular weight excluding hydrogens is 361 g/mol. The van der Waals surface area contributed by atoms with E-state index in [-0.39, 0.29) is 40.5 Å². The molecular formula is C22H30FNO4. The van der Waals surface area contributed by atoms with Gasteiger partial charge in [0.25, 0.3) is 0 Å². The van der Waals surface area contributed by atoms with Crippen LogP contribution in [0.4, 0.5) is 4.39 Å². The fourth-order valence-electron chi connectivity index (χ4n) is 7.58. The van der Waals surface area contributed by atoms with Gasteiger partial charge < -0.3 is 5.11 Å². The van der Waals surface area contributed by atoms with Crippen molar-refractivity contribution in [3.8, 4) is 0 Å². The lowest BCUT2D eigenvalue weighted by Gasteiger charge is -2.59. The summed E-state index contributed by atoms with van der Waals surface area (Å²) < 4.78 is 14.4. The van der Waals surface area contributed by atoms with E-state index in [1.54, 1.807) is 0 Å². The van der Waals surface area contributed by atoms with Crippen LogP contribution in [-0.2, 0) is 4.79 Å². The molecule has 28 heavy (non-hydrogen) atoms. The first-order valence-electron chi connectivity index (χ1n) is 10.5. The first-order valence-corrected chi connectivity index (χ1v) is 10.5. The second-order valence-corrected chi connectivity index (χ2v) is 9.93. The zero-order chi connectivity index (χ0) is 20.4. The van der Waals surface area contributed by atoms with Crippen molar-refractivity contribution in [1.29, 1.82) is 0 Å². The lowest BCUT2D eigenvalue weighted by atomic mass is 9.45. The van der Waals surface area contributed by atoms with E-state index in [2.05, 4.69) is 20.8 Å². The summed E-state index contributed by atoms with van der Waals surface area (Å²) in [5, 5.41) is 21.0. The summed E-state index contributed by atoms with van der Waals surface area (Å²) in [6.45, 7) is 5.90. The van der Waals surface area contributed by atoms with E-state index in [1.165, 1.54) is 0 Å². The summed E-state index contributed by atoms with van der Waals surface area (Å²) in [6, 6.07) is 0. The maximum Gasteiger partial charge on any atom is 0.311 e. The lowest BCUT2D eigenvalue weighted by Crippen LogP contribution is -2.53. The van der Waals surface area contributed by atoms with Gasteiger partial charge in [-0.1, -0.05) is 20.8 Å². The SMILES string of the molecule is C[C@@H]1CC2=C([N+](=O)[O-])C(=O)CC[C@]2(C)[C@H]2CC[C@]3(C)C(=C(F)CO)CC[C@H]3[C@H]12. The second kappa shape index (κ2) is 6.48. The Bertz CT molecular complexity index is 802. The van der Waals surface area contributed by atoms with E-state index in [9.17, 15) is 24.4 Å². The van der Waals surface area contributed by atoms with Gasteiger partial charge in [0.15, 0.2) is 0 Å². The number of rotatable bonds is 2. The predicted molar refractivity (Wildman–Crippen MR) is 102 cm³/mol. The van der Waals surface area contributed by atoms with Crippen molar-refractivity contribution in [3.63, 3.8) is 0 Å². The normalized spacial score (nSPS) is 44.7. The molecule has 0 amide bonds. The van der Waals surface area contributed by atoms with Gasteiger partial charge in [-0.3, -0.25) is 14.9 Å². The molecule has 0 heterocycles. The third-order valence-electron chi connectivity index (χ3n) is 8.88. The van der Waals surface area contributed by atoms with E-state index < -0.39 is 11.5 Å². The smallest absolute Gasteiger partial charge is 0.311 e. The minimum absolute atomic E-state index is 0.147. The van der Waals surface area contributed by atoms with Crippen LogP contribution in [-0.4, -0.2) is 22.4 Å². The minimum atomic E-state index is -0.528. The van der Waals surface area contributed by atoms with Crippen LogP contribution in [0.15, 0.2) is 22.7 Å². The van der Waals surface area contributed by atoms with E-state index in [1.807, 2.05) is 0 Å². The zero-order valence-corrected chi connectivity index (χ0v) is 17.0. The Balaban J connectivity index is 1.78. The minimum Gasteiger partial charge on any atom is -0.389 e. The molecule has 4 aliphatic rings. The predicted octanol–water partition coefficient (Wildman–Crippen LogP) is 4.58. The van der Waals surface area contributed by atoms with Gasteiger partial charge in [-0.05, 0) is 78.6 Å². The number of Topliss-reactive ketones (excluding diaryl/α,β-unsaturated/α-hetero) is 1. The molecule has 0 spiro atoms. The molecule has 6 heteroatoms. The van der Waals surface area contributed by atoms with Gasteiger partial charge in [0.2, 0.25) is 5.78 Å². The van der Waals surface area contributed by atoms with Crippen LogP contribution in [0, 0.1) is 44.6 Å². The van der Waals surface area contributed by atoms with Crippen molar-refractivity contribution in [2.45, 2.75) is 65.7 Å². The van der Waals surface area contributed by atoms with Gasteiger partial charge in [0, 0.05) is 12.0 Å². The molecule has 0 aromatic carbocycles. The molecule has 0 aliphatic heterocycles. The maximum absolute atomic E-state index is 14.4. The van der Waals surface area contributed by atoms with Gasteiger partial charge in [-0.2, -0.15) is 0 Å². The highest BCUT2D eigenvalue weighted by atomic mass is 19.1. The first-order chi connectivity index (χ1) is 13.1. The summed E-state index contributed by atoms with van der Waals surface area (Å²) >= 11 is 0. The topological polar surface area (TPSA) is 80.4 Å². The average Bonchev–Trinajstić information content (AvgIpc) is 2.99. The van der Waals surface area contributed by atoms with Gasteiger partial charge in [-0.15, -0.1) is 0 Å². The number of nitrogens with zero attached hydrogens (tertiary/aromatic N) is 1. The van der Waals surface area contributed by atoms with Crippen molar-refractivity contribution < 1.29 is 19.2 Å². The standard InChI is InChI=1S/C22H30FNO4/c1-12-10-16-20(24(27)28)18(26)7-9-22(16,3)15-6-8-21(2)13(17(23)11-25)4-5-14(21)19(12)15/h12,14-15,19,25H,4-11H2,1-3H3/t12-,14+,15+,19+,21-,22-/m1/s1. The molecule has 6 atom stereocenters. The monoisotopic (exact) mass is 391 g/mol. The zero-order valence-electron chi connectivity index (χ0n) is 17.0. The number of halogens is 1. The summed E-state index contributed by atoms with van der Waals surface area (Å²) in [7, 11) is 0. The van der Waals surface area contributed by atoms with Crippen LogP contribution in [0.2, 0.25) is 0 Å². The van der Waals surface area contributed by atoms with Crippen molar-refractivity contribution in [1.82, 2.24) is 0 Å². The fraction of sp³-hybridized carbons (Fsp3) is 0.773. The number of ketones is 1. The molecule has 0 aromatic heterocycles. The van der Waals surface area contributed by atoms with E-state index >= 15 is 0 Å². The Labute approximate surface area is 165 Å². The van der Waals surface area contributed by atoms with Crippen LogP contribution >= 0.6 is 0 Å². The first kappa shape index (κ1) is 19.7. The van der Waals surface area contributed by atoms with Crippen LogP contribution in [0.5, 0.6) is 0 Å². The molecule has 5 nitrogen and oxygen atoms in total. The average molecular weight is 391 g/mol. The van der Waals surface area contributed by atoms with E-state index in [0.717, 1.165) is 30.4 Å². The highest BCUT2D eigenvalue weighted by molar-refractivity contribution is 5.95.